The molecule has 1 aromatic rings. The Hall–Kier alpha value is -1.60. The summed E-state index contributed by atoms with van der Waals surface area (Å²) in [5.74, 6) is -1.15. The Balaban J connectivity index is 2.30. The van der Waals surface area contributed by atoms with Crippen molar-refractivity contribution in [2.45, 2.75) is 43.5 Å². The summed E-state index contributed by atoms with van der Waals surface area (Å²) in [5.41, 5.74) is 0.385. The first kappa shape index (κ1) is 15.8. The van der Waals surface area contributed by atoms with Gasteiger partial charge in [-0.2, -0.15) is 0 Å². The van der Waals surface area contributed by atoms with Crippen molar-refractivity contribution in [3.63, 3.8) is 0 Å². The third kappa shape index (κ3) is 3.74. The lowest BCUT2D eigenvalue weighted by atomic mass is 10.2. The molecule has 0 spiro atoms. The molecule has 0 radical (unpaired) electrons. The van der Waals surface area contributed by atoms with Gasteiger partial charge in [0.2, 0.25) is 10.0 Å². The van der Waals surface area contributed by atoms with Crippen molar-refractivity contribution in [2.24, 2.45) is 0 Å². The molecule has 0 bridgehead atoms. The molecular formula is C14H20N2O4S. The molecular weight excluding hydrogens is 292 g/mol. The summed E-state index contributed by atoms with van der Waals surface area (Å²) in [4.78, 5) is 11.3. The van der Waals surface area contributed by atoms with E-state index >= 15 is 0 Å². The van der Waals surface area contributed by atoms with E-state index in [1.807, 2.05) is 6.92 Å². The van der Waals surface area contributed by atoms with Crippen molar-refractivity contribution in [3.8, 4) is 0 Å². The van der Waals surface area contributed by atoms with Gasteiger partial charge in [-0.05, 0) is 38.0 Å². The zero-order chi connectivity index (χ0) is 15.5. The third-order valence-electron chi connectivity index (χ3n) is 3.58. The van der Waals surface area contributed by atoms with Gasteiger partial charge < -0.3 is 10.4 Å². The van der Waals surface area contributed by atoms with Crippen LogP contribution in [0.15, 0.2) is 23.1 Å². The lowest BCUT2D eigenvalue weighted by Gasteiger charge is -2.14. The average Bonchev–Trinajstić information content (AvgIpc) is 2.91. The molecule has 7 heteroatoms. The van der Waals surface area contributed by atoms with E-state index in [2.05, 4.69) is 10.0 Å². The smallest absolute Gasteiger partial charge is 0.337 e. The van der Waals surface area contributed by atoms with Crippen molar-refractivity contribution < 1.29 is 18.3 Å². The van der Waals surface area contributed by atoms with Gasteiger partial charge in [0.1, 0.15) is 0 Å². The molecule has 0 heterocycles. The molecule has 0 unspecified atom stereocenters. The highest BCUT2D eigenvalue weighted by molar-refractivity contribution is 7.89. The van der Waals surface area contributed by atoms with Crippen LogP contribution in [-0.2, 0) is 10.0 Å². The van der Waals surface area contributed by atoms with E-state index in [1.54, 1.807) is 0 Å². The minimum Gasteiger partial charge on any atom is -0.478 e. The summed E-state index contributed by atoms with van der Waals surface area (Å²) in [6.45, 7) is 2.41. The summed E-state index contributed by atoms with van der Waals surface area (Å²) in [7, 11) is -3.67. The average molecular weight is 312 g/mol. The maximum Gasteiger partial charge on any atom is 0.337 e. The van der Waals surface area contributed by atoms with Gasteiger partial charge in [0.25, 0.3) is 0 Å². The molecule has 0 amide bonds. The van der Waals surface area contributed by atoms with Crippen molar-refractivity contribution in [3.05, 3.63) is 23.8 Å². The van der Waals surface area contributed by atoms with Gasteiger partial charge in [-0.15, -0.1) is 0 Å². The van der Waals surface area contributed by atoms with E-state index in [4.69, 9.17) is 0 Å². The molecule has 1 fully saturated rings. The lowest BCUT2D eigenvalue weighted by Crippen LogP contribution is -2.32. The van der Waals surface area contributed by atoms with Gasteiger partial charge in [-0.25, -0.2) is 17.9 Å². The molecule has 0 saturated heterocycles. The summed E-state index contributed by atoms with van der Waals surface area (Å²) in [6, 6.07) is 4.09. The van der Waals surface area contributed by atoms with Crippen LogP contribution in [0.3, 0.4) is 0 Å². The van der Waals surface area contributed by atoms with E-state index in [9.17, 15) is 18.3 Å². The first-order chi connectivity index (χ1) is 9.94. The monoisotopic (exact) mass is 312 g/mol. The van der Waals surface area contributed by atoms with E-state index in [-0.39, 0.29) is 16.5 Å². The zero-order valence-electron chi connectivity index (χ0n) is 11.9. The van der Waals surface area contributed by atoms with E-state index < -0.39 is 16.0 Å². The number of benzene rings is 1. The van der Waals surface area contributed by atoms with E-state index in [0.717, 1.165) is 25.7 Å². The fraction of sp³-hybridized carbons (Fsp3) is 0.500. The summed E-state index contributed by atoms with van der Waals surface area (Å²) in [6.07, 6.45) is 3.71. The molecule has 3 N–H and O–H groups in total. The fourth-order valence-corrected chi connectivity index (χ4v) is 3.87. The minimum absolute atomic E-state index is 0.00606. The molecule has 0 aromatic heterocycles. The van der Waals surface area contributed by atoms with Crippen molar-refractivity contribution in [1.29, 1.82) is 0 Å². The van der Waals surface area contributed by atoms with E-state index in [1.165, 1.54) is 18.2 Å². The zero-order valence-corrected chi connectivity index (χ0v) is 12.7. The minimum atomic E-state index is -3.67. The Kier molecular flexibility index (Phi) is 4.84. The molecule has 0 aliphatic heterocycles. The Morgan fingerprint density at radius 3 is 2.57 bits per heavy atom. The number of hydrogen-bond acceptors (Lipinski definition) is 4. The highest BCUT2D eigenvalue weighted by atomic mass is 32.2. The highest BCUT2D eigenvalue weighted by Crippen LogP contribution is 2.23. The van der Waals surface area contributed by atoms with Gasteiger partial charge >= 0.3 is 5.97 Å². The highest BCUT2D eigenvalue weighted by Gasteiger charge is 2.24. The number of rotatable bonds is 6. The number of carbonyl (C=O) groups is 1. The van der Waals surface area contributed by atoms with Gasteiger partial charge in [-0.3, -0.25) is 0 Å². The molecule has 0 atom stereocenters. The van der Waals surface area contributed by atoms with Crippen LogP contribution >= 0.6 is 0 Å². The Bertz CT molecular complexity index is 622. The molecule has 6 nitrogen and oxygen atoms in total. The molecule has 21 heavy (non-hydrogen) atoms. The number of carboxylic acid groups (broad SMARTS) is 1. The van der Waals surface area contributed by atoms with Crippen LogP contribution in [0.2, 0.25) is 0 Å². The first-order valence-corrected chi connectivity index (χ1v) is 8.56. The normalized spacial score (nSPS) is 16.0. The van der Waals surface area contributed by atoms with Crippen LogP contribution in [0.4, 0.5) is 5.69 Å². The Morgan fingerprint density at radius 2 is 2.00 bits per heavy atom. The fourth-order valence-electron chi connectivity index (χ4n) is 2.54. The predicted molar refractivity (Wildman–Crippen MR) is 80.1 cm³/mol. The SMILES string of the molecule is CCNc1ccc(S(=O)(=O)NC2CCCC2)cc1C(=O)O. The van der Waals surface area contributed by atoms with Crippen LogP contribution in [0, 0.1) is 0 Å². The van der Waals surface area contributed by atoms with Crippen LogP contribution in [0.5, 0.6) is 0 Å². The molecule has 1 aliphatic rings. The second-order valence-electron chi connectivity index (χ2n) is 5.15. The topological polar surface area (TPSA) is 95.5 Å². The molecule has 116 valence electrons. The van der Waals surface area contributed by atoms with Crippen LogP contribution in [-0.4, -0.2) is 32.1 Å². The first-order valence-electron chi connectivity index (χ1n) is 7.07. The van der Waals surface area contributed by atoms with Crippen LogP contribution < -0.4 is 10.0 Å². The predicted octanol–water partition coefficient (Wildman–Crippen LogP) is 2.04. The summed E-state index contributed by atoms with van der Waals surface area (Å²) < 4.78 is 27.3. The third-order valence-corrected chi connectivity index (χ3v) is 5.09. The van der Waals surface area contributed by atoms with Gasteiger partial charge in [-0.1, -0.05) is 12.8 Å². The van der Waals surface area contributed by atoms with Crippen molar-refractivity contribution in [1.82, 2.24) is 4.72 Å². The number of aromatic carboxylic acids is 1. The van der Waals surface area contributed by atoms with Crippen molar-refractivity contribution >= 4 is 21.7 Å². The number of nitrogens with one attached hydrogen (secondary N) is 2. The maximum atomic E-state index is 12.3. The number of hydrogen-bond donors (Lipinski definition) is 3. The number of carboxylic acids is 1. The molecule has 1 saturated carbocycles. The van der Waals surface area contributed by atoms with Crippen LogP contribution in [0.1, 0.15) is 43.0 Å². The molecule has 1 aliphatic carbocycles. The largest absolute Gasteiger partial charge is 0.478 e. The second kappa shape index (κ2) is 6.44. The van der Waals surface area contributed by atoms with Gasteiger partial charge in [0.05, 0.1) is 10.5 Å². The quantitative estimate of drug-likeness (QED) is 0.747. The van der Waals surface area contributed by atoms with Gasteiger partial charge in [0, 0.05) is 18.3 Å². The number of anilines is 1. The molecule has 1 aromatic carbocycles. The summed E-state index contributed by atoms with van der Waals surface area (Å²) in [5, 5.41) is 12.1. The van der Waals surface area contributed by atoms with Crippen LogP contribution in [0.25, 0.3) is 0 Å². The Labute approximate surface area is 124 Å². The summed E-state index contributed by atoms with van der Waals surface area (Å²) >= 11 is 0. The van der Waals surface area contributed by atoms with E-state index in [0.29, 0.717) is 12.2 Å². The lowest BCUT2D eigenvalue weighted by molar-refractivity contribution is 0.0697. The second-order valence-corrected chi connectivity index (χ2v) is 6.86. The molecule has 2 rings (SSSR count). The van der Waals surface area contributed by atoms with Gasteiger partial charge in [0.15, 0.2) is 0 Å². The maximum absolute atomic E-state index is 12.3. The Morgan fingerprint density at radius 1 is 1.33 bits per heavy atom. The van der Waals surface area contributed by atoms with Crippen molar-refractivity contribution in [2.75, 3.05) is 11.9 Å². The number of sulfonamides is 1. The standard InChI is InChI=1S/C14H20N2O4S/c1-2-15-13-8-7-11(9-12(13)14(17)18)21(19,20)16-10-5-3-4-6-10/h7-10,15-16H,2-6H2,1H3,(H,17,18).